The molecule has 0 N–H and O–H groups in total. The van der Waals surface area contributed by atoms with Crippen LogP contribution in [-0.4, -0.2) is 25.9 Å². The first-order chi connectivity index (χ1) is 34.0. The molecule has 0 atom stereocenters. The molecule has 404 valence electrons. The Morgan fingerprint density at radius 1 is 0.300 bits per heavy atom. The molecule has 0 saturated heterocycles. The van der Waals surface area contributed by atoms with Crippen molar-refractivity contribution in [2.45, 2.75) is 320 Å². The topological polar surface area (TPSA) is 131 Å². The van der Waals surface area contributed by atoms with Gasteiger partial charge in [0, 0.05) is 0 Å². The Labute approximate surface area is 445 Å². The van der Waals surface area contributed by atoms with E-state index >= 15 is 0 Å². The van der Waals surface area contributed by atoms with Crippen molar-refractivity contribution >= 4 is 20.2 Å². The van der Waals surface area contributed by atoms with Gasteiger partial charge in [0.2, 0.25) is 0 Å². The third kappa shape index (κ3) is 40.2. The van der Waals surface area contributed by atoms with Gasteiger partial charge in [-0.05, 0) is 85.8 Å². The monoisotopic (exact) mass is 1050 g/mol. The summed E-state index contributed by atoms with van der Waals surface area (Å²) in [4.78, 5) is -0.00880. The summed E-state index contributed by atoms with van der Waals surface area (Å²) in [7, 11) is -8.81. The SMILES string of the molecule is CCCCCCCCCCCCc1ccc(S(=O)(=O)[O-])c(CCCCCCCCCCCC)c1.CCCCCCCCCCCCc1ccc(S(=O)(=O)[O-])c(CCCCCCCCCCCC)c1.[O]=[Ti+2]. The van der Waals surface area contributed by atoms with Crippen LogP contribution in [0.25, 0.3) is 0 Å². The zero-order chi connectivity index (χ0) is 51.8. The van der Waals surface area contributed by atoms with Crippen LogP contribution in [-0.2, 0) is 69.6 Å². The number of hydrogen-bond acceptors (Lipinski definition) is 7. The van der Waals surface area contributed by atoms with Crippen molar-refractivity contribution in [3.8, 4) is 0 Å². The summed E-state index contributed by atoms with van der Waals surface area (Å²) >= 11 is 0.750. The molecule has 2 rings (SSSR count). The van der Waals surface area contributed by atoms with E-state index < -0.39 is 20.2 Å². The number of rotatable bonds is 46. The first kappa shape index (κ1) is 68.8. The predicted molar refractivity (Wildman–Crippen MR) is 292 cm³/mol. The van der Waals surface area contributed by atoms with Gasteiger partial charge in [-0.1, -0.05) is 283 Å². The van der Waals surface area contributed by atoms with Gasteiger partial charge in [-0.2, -0.15) is 0 Å². The van der Waals surface area contributed by atoms with Crippen LogP contribution in [0.2, 0.25) is 0 Å². The molecule has 0 aromatic heterocycles. The van der Waals surface area contributed by atoms with E-state index in [9.17, 15) is 25.9 Å². The maximum atomic E-state index is 11.7. The molecule has 0 aliphatic carbocycles. The van der Waals surface area contributed by atoms with E-state index in [1.54, 1.807) is 12.1 Å². The molecule has 0 spiro atoms. The Kier molecular flexibility index (Phi) is 47.8. The van der Waals surface area contributed by atoms with Gasteiger partial charge in [0.15, 0.2) is 0 Å². The maximum absolute atomic E-state index is 11.7. The standard InChI is InChI=1S/2C30H54O3S.O.Ti/c2*1-3-5-7-9-11-13-15-17-19-21-23-28-25-26-30(34(31,32)33)29(27-28)24-22-20-18-16-14-12-10-8-6-4-2;;/h2*25-27H,3-24H2,1-2H3,(H,31,32,33);;/q;;;+2/p-2. The molecule has 70 heavy (non-hydrogen) atoms. The van der Waals surface area contributed by atoms with Crippen LogP contribution >= 0.6 is 0 Å². The van der Waals surface area contributed by atoms with Crippen molar-refractivity contribution in [2.75, 3.05) is 0 Å². The van der Waals surface area contributed by atoms with Gasteiger partial charge >= 0.3 is 23.7 Å². The third-order valence-electron chi connectivity index (χ3n) is 14.0. The molecule has 0 unspecified atom stereocenters. The minimum absolute atomic E-state index is 0.00440. The van der Waals surface area contributed by atoms with Gasteiger partial charge < -0.3 is 9.11 Å². The Morgan fingerprint density at radius 3 is 0.686 bits per heavy atom. The van der Waals surface area contributed by atoms with E-state index in [1.165, 1.54) is 229 Å². The average Bonchev–Trinajstić information content (AvgIpc) is 3.34. The van der Waals surface area contributed by atoms with Crippen LogP contribution in [0, 0.1) is 0 Å². The van der Waals surface area contributed by atoms with E-state index in [0.29, 0.717) is 12.8 Å². The molecular formula is C60H106O7S2Ti. The fraction of sp³-hybridized carbons (Fsp3) is 0.800. The van der Waals surface area contributed by atoms with Gasteiger partial charge in [0.25, 0.3) is 0 Å². The van der Waals surface area contributed by atoms with Gasteiger partial charge in [-0.15, -0.1) is 0 Å². The normalized spacial score (nSPS) is 11.6. The van der Waals surface area contributed by atoms with Crippen molar-refractivity contribution in [1.29, 1.82) is 0 Å². The molecule has 0 aliphatic rings. The molecular weight excluding hydrogens is 945 g/mol. The van der Waals surface area contributed by atoms with E-state index in [2.05, 4.69) is 27.7 Å². The summed E-state index contributed by atoms with van der Waals surface area (Å²) in [6, 6.07) is 10.8. The Bertz CT molecular complexity index is 1570. The van der Waals surface area contributed by atoms with Crippen LogP contribution in [0.15, 0.2) is 46.2 Å². The summed E-state index contributed by atoms with van der Waals surface area (Å²) in [5.41, 5.74) is 3.82. The van der Waals surface area contributed by atoms with Crippen molar-refractivity contribution in [2.24, 2.45) is 0 Å². The van der Waals surface area contributed by atoms with Crippen LogP contribution < -0.4 is 0 Å². The molecule has 0 aliphatic heterocycles. The Hall–Kier alpha value is -1.23. The van der Waals surface area contributed by atoms with Crippen LogP contribution in [0.1, 0.15) is 307 Å². The van der Waals surface area contributed by atoms with Gasteiger partial charge in [0.1, 0.15) is 20.2 Å². The molecule has 0 fully saturated rings. The minimum atomic E-state index is -4.41. The quantitative estimate of drug-likeness (QED) is 0.0366. The van der Waals surface area contributed by atoms with E-state index in [1.807, 2.05) is 24.3 Å². The second-order valence-electron chi connectivity index (χ2n) is 20.5. The van der Waals surface area contributed by atoms with Crippen molar-refractivity contribution < 1.29 is 49.7 Å². The molecule has 0 amide bonds. The first-order valence-corrected chi connectivity index (χ1v) is 32.8. The number of benzene rings is 2. The molecule has 0 radical (unpaired) electrons. The van der Waals surface area contributed by atoms with Crippen LogP contribution in [0.5, 0.6) is 0 Å². The van der Waals surface area contributed by atoms with Crippen LogP contribution in [0.3, 0.4) is 0 Å². The Balaban J connectivity index is 0.00000131. The second kappa shape index (κ2) is 48.7. The molecule has 2 aromatic rings. The summed E-state index contributed by atoms with van der Waals surface area (Å²) in [5, 5.41) is 0. The summed E-state index contributed by atoms with van der Waals surface area (Å²) < 4.78 is 78.7. The van der Waals surface area contributed by atoms with Crippen LogP contribution in [0.4, 0.5) is 0 Å². The zero-order valence-electron chi connectivity index (χ0n) is 45.8. The molecule has 10 heteroatoms. The van der Waals surface area contributed by atoms with Crippen molar-refractivity contribution in [1.82, 2.24) is 0 Å². The summed E-state index contributed by atoms with van der Waals surface area (Å²) in [6.07, 6.45) is 54.6. The van der Waals surface area contributed by atoms with E-state index in [-0.39, 0.29) is 9.79 Å². The van der Waals surface area contributed by atoms with E-state index in [4.69, 9.17) is 3.32 Å². The molecule has 0 heterocycles. The average molecular weight is 1050 g/mol. The molecule has 0 bridgehead atoms. The van der Waals surface area contributed by atoms with Crippen molar-refractivity contribution in [3.63, 3.8) is 0 Å². The summed E-state index contributed by atoms with van der Waals surface area (Å²) in [5.74, 6) is 0. The molecule has 7 nitrogen and oxygen atoms in total. The number of unbranched alkanes of at least 4 members (excludes halogenated alkanes) is 36. The van der Waals surface area contributed by atoms with Crippen molar-refractivity contribution in [3.05, 3.63) is 58.7 Å². The molecule has 2 aromatic carbocycles. The predicted octanol–water partition coefficient (Wildman–Crippen LogP) is 18.9. The zero-order valence-corrected chi connectivity index (χ0v) is 48.9. The summed E-state index contributed by atoms with van der Waals surface area (Å²) in [6.45, 7) is 9.01. The fourth-order valence-corrected chi connectivity index (χ4v) is 11.1. The number of hydrogen-bond donors (Lipinski definition) is 0. The van der Waals surface area contributed by atoms with Gasteiger partial charge in [-0.3, -0.25) is 0 Å². The fourth-order valence-electron chi connectivity index (χ4n) is 9.69. The molecule has 0 saturated carbocycles. The van der Waals surface area contributed by atoms with Gasteiger partial charge in [0.05, 0.1) is 9.79 Å². The Morgan fingerprint density at radius 2 is 0.486 bits per heavy atom. The first-order valence-electron chi connectivity index (χ1n) is 29.3. The van der Waals surface area contributed by atoms with E-state index in [0.717, 1.165) is 82.9 Å². The third-order valence-corrected chi connectivity index (χ3v) is 15.9. The number of aryl methyl sites for hydroxylation is 4. The van der Waals surface area contributed by atoms with Gasteiger partial charge in [-0.25, -0.2) is 16.8 Å². The second-order valence-corrected chi connectivity index (χ2v) is 23.2.